The minimum absolute atomic E-state index is 0. The number of imidazole rings is 1. The molecule has 8 heteroatoms. The maximum atomic E-state index is 12.4. The molecule has 2 N–H and O–H groups in total. The fraction of sp³-hybridized carbons (Fsp3) is 0.346. The van der Waals surface area contributed by atoms with Crippen LogP contribution in [0.2, 0.25) is 0 Å². The Bertz CT molecular complexity index is 1060. The van der Waals surface area contributed by atoms with Gasteiger partial charge < -0.3 is 20.1 Å². The molecule has 1 saturated heterocycles. The Hall–Kier alpha value is -2.88. The summed E-state index contributed by atoms with van der Waals surface area (Å²) in [4.78, 5) is 23.1. The lowest BCUT2D eigenvalue weighted by atomic mass is 9.98. The molecule has 34 heavy (non-hydrogen) atoms. The van der Waals surface area contributed by atoms with Crippen molar-refractivity contribution in [1.82, 2.24) is 25.1 Å². The van der Waals surface area contributed by atoms with E-state index in [1.165, 1.54) is 11.1 Å². The zero-order valence-electron chi connectivity index (χ0n) is 19.6. The van der Waals surface area contributed by atoms with Crippen LogP contribution in [0.3, 0.4) is 0 Å². The van der Waals surface area contributed by atoms with Crippen molar-refractivity contribution in [2.24, 2.45) is 4.99 Å². The Morgan fingerprint density at radius 1 is 1.06 bits per heavy atom. The van der Waals surface area contributed by atoms with Crippen molar-refractivity contribution in [3.05, 3.63) is 78.4 Å². The van der Waals surface area contributed by atoms with E-state index in [2.05, 4.69) is 62.6 Å². The average molecular weight is 572 g/mol. The standard InChI is InChI=1S/C26H32N6O.HI/c1-2-28-26(30-18-25(33)32-14-5-6-15-32)29-17-23-7-3-4-8-24(23)22-11-9-21(10-12-22)19-31-16-13-27-20-31;/h3-4,7-13,16,20H,2,5-6,14-15,17-19H2,1H3,(H2,28,29,30);1H. The van der Waals surface area contributed by atoms with Crippen molar-refractivity contribution in [2.75, 3.05) is 26.2 Å². The number of nitrogens with one attached hydrogen (secondary N) is 2. The third-order valence-corrected chi connectivity index (χ3v) is 5.82. The molecule has 3 aromatic rings. The Morgan fingerprint density at radius 3 is 2.53 bits per heavy atom. The van der Waals surface area contributed by atoms with Crippen molar-refractivity contribution < 1.29 is 4.79 Å². The first-order chi connectivity index (χ1) is 16.2. The fourth-order valence-corrected chi connectivity index (χ4v) is 4.06. The number of hydrogen-bond donors (Lipinski definition) is 2. The summed E-state index contributed by atoms with van der Waals surface area (Å²) in [5, 5.41) is 6.44. The summed E-state index contributed by atoms with van der Waals surface area (Å²) >= 11 is 0. The zero-order valence-corrected chi connectivity index (χ0v) is 21.9. The molecule has 0 unspecified atom stereocenters. The lowest BCUT2D eigenvalue weighted by Crippen LogP contribution is -2.44. The number of likely N-dealkylation sites (tertiary alicyclic amines) is 1. The van der Waals surface area contributed by atoms with Crippen LogP contribution in [0.1, 0.15) is 30.9 Å². The summed E-state index contributed by atoms with van der Waals surface area (Å²) in [6, 6.07) is 17.0. The summed E-state index contributed by atoms with van der Waals surface area (Å²) < 4.78 is 2.06. The minimum atomic E-state index is 0. The van der Waals surface area contributed by atoms with Crippen LogP contribution in [0.4, 0.5) is 0 Å². The number of carbonyl (C=O) groups excluding carboxylic acids is 1. The molecule has 0 aliphatic carbocycles. The summed E-state index contributed by atoms with van der Waals surface area (Å²) in [6.45, 7) is 6.10. The Kier molecular flexibility index (Phi) is 9.93. The number of rotatable bonds is 8. The van der Waals surface area contributed by atoms with E-state index < -0.39 is 0 Å². The molecule has 7 nitrogen and oxygen atoms in total. The number of halogens is 1. The number of guanidine groups is 1. The monoisotopic (exact) mass is 572 g/mol. The van der Waals surface area contributed by atoms with E-state index in [0.29, 0.717) is 12.5 Å². The van der Waals surface area contributed by atoms with Gasteiger partial charge >= 0.3 is 0 Å². The van der Waals surface area contributed by atoms with Gasteiger partial charge in [0.2, 0.25) is 5.91 Å². The molecule has 180 valence electrons. The van der Waals surface area contributed by atoms with Gasteiger partial charge in [-0.1, -0.05) is 48.5 Å². The van der Waals surface area contributed by atoms with Gasteiger partial charge in [-0.15, -0.1) is 24.0 Å². The van der Waals surface area contributed by atoms with Gasteiger partial charge in [0.1, 0.15) is 0 Å². The minimum Gasteiger partial charge on any atom is -0.357 e. The quantitative estimate of drug-likeness (QED) is 0.244. The van der Waals surface area contributed by atoms with E-state index in [-0.39, 0.29) is 36.4 Å². The second-order valence-electron chi connectivity index (χ2n) is 8.23. The van der Waals surface area contributed by atoms with Crippen LogP contribution in [-0.4, -0.2) is 52.5 Å². The van der Waals surface area contributed by atoms with Crippen molar-refractivity contribution >= 4 is 35.8 Å². The number of aromatic nitrogens is 2. The average Bonchev–Trinajstić information content (AvgIpc) is 3.56. The predicted octanol–water partition coefficient (Wildman–Crippen LogP) is 3.89. The summed E-state index contributed by atoms with van der Waals surface area (Å²) in [5.74, 6) is 0.796. The normalized spacial score (nSPS) is 13.4. The second-order valence-corrected chi connectivity index (χ2v) is 8.23. The molecule has 4 rings (SSSR count). The number of amides is 1. The Balaban J connectivity index is 0.00000324. The molecular formula is C26H33IN6O. The molecule has 0 bridgehead atoms. The molecule has 2 aromatic carbocycles. The van der Waals surface area contributed by atoms with E-state index in [1.54, 1.807) is 6.20 Å². The van der Waals surface area contributed by atoms with E-state index in [0.717, 1.165) is 50.1 Å². The Labute approximate surface area is 218 Å². The van der Waals surface area contributed by atoms with Gasteiger partial charge in [-0.05, 0) is 42.0 Å². The summed E-state index contributed by atoms with van der Waals surface area (Å²) in [6.07, 6.45) is 7.79. The molecule has 1 aromatic heterocycles. The van der Waals surface area contributed by atoms with Gasteiger partial charge in [-0.2, -0.15) is 0 Å². The largest absolute Gasteiger partial charge is 0.357 e. The maximum absolute atomic E-state index is 12.4. The summed E-state index contributed by atoms with van der Waals surface area (Å²) in [5.41, 5.74) is 4.70. The molecule has 0 saturated carbocycles. The molecule has 1 aliphatic heterocycles. The fourth-order valence-electron chi connectivity index (χ4n) is 4.06. The molecule has 0 atom stereocenters. The highest BCUT2D eigenvalue weighted by Gasteiger charge is 2.17. The van der Waals surface area contributed by atoms with Crippen LogP contribution in [-0.2, 0) is 17.9 Å². The van der Waals surface area contributed by atoms with Gasteiger partial charge in [0.15, 0.2) is 5.96 Å². The highest BCUT2D eigenvalue weighted by molar-refractivity contribution is 14.0. The van der Waals surface area contributed by atoms with Crippen molar-refractivity contribution in [2.45, 2.75) is 32.9 Å². The molecule has 0 radical (unpaired) electrons. The molecule has 2 heterocycles. The van der Waals surface area contributed by atoms with E-state index in [9.17, 15) is 4.79 Å². The van der Waals surface area contributed by atoms with E-state index in [1.807, 2.05) is 30.4 Å². The maximum Gasteiger partial charge on any atom is 0.241 e. The molecule has 0 spiro atoms. The van der Waals surface area contributed by atoms with E-state index >= 15 is 0 Å². The van der Waals surface area contributed by atoms with Crippen LogP contribution in [0.15, 0.2) is 72.2 Å². The zero-order chi connectivity index (χ0) is 22.9. The third kappa shape index (κ3) is 7.06. The predicted molar refractivity (Wildman–Crippen MR) is 147 cm³/mol. The SMILES string of the molecule is CCNC(=NCc1ccccc1-c1ccc(Cn2ccnc2)cc1)NCC(=O)N1CCCC1.I. The van der Waals surface area contributed by atoms with Gasteiger partial charge in [0.25, 0.3) is 0 Å². The van der Waals surface area contributed by atoms with Gasteiger partial charge in [-0.3, -0.25) is 4.79 Å². The molecule has 1 aliphatic rings. The summed E-state index contributed by atoms with van der Waals surface area (Å²) in [7, 11) is 0. The third-order valence-electron chi connectivity index (χ3n) is 5.82. The second kappa shape index (κ2) is 13.1. The van der Waals surface area contributed by atoms with Gasteiger partial charge in [0.05, 0.1) is 19.4 Å². The molecular weight excluding hydrogens is 539 g/mol. The van der Waals surface area contributed by atoms with Crippen LogP contribution >= 0.6 is 24.0 Å². The number of carbonyl (C=O) groups is 1. The molecule has 1 amide bonds. The van der Waals surface area contributed by atoms with Crippen molar-refractivity contribution in [1.29, 1.82) is 0 Å². The smallest absolute Gasteiger partial charge is 0.241 e. The van der Waals surface area contributed by atoms with Crippen LogP contribution in [0, 0.1) is 0 Å². The number of hydrogen-bond acceptors (Lipinski definition) is 3. The number of nitrogens with zero attached hydrogens (tertiary/aromatic N) is 4. The van der Waals surface area contributed by atoms with Gasteiger partial charge in [-0.25, -0.2) is 9.98 Å². The molecule has 1 fully saturated rings. The van der Waals surface area contributed by atoms with Crippen molar-refractivity contribution in [3.63, 3.8) is 0 Å². The van der Waals surface area contributed by atoms with Crippen LogP contribution in [0.5, 0.6) is 0 Å². The first-order valence-electron chi connectivity index (χ1n) is 11.7. The van der Waals surface area contributed by atoms with E-state index in [4.69, 9.17) is 4.99 Å². The first-order valence-corrected chi connectivity index (χ1v) is 11.7. The first kappa shape index (κ1) is 25.7. The topological polar surface area (TPSA) is 74.5 Å². The van der Waals surface area contributed by atoms with Crippen molar-refractivity contribution in [3.8, 4) is 11.1 Å². The Morgan fingerprint density at radius 2 is 1.82 bits per heavy atom. The van der Waals surface area contributed by atoms with Crippen LogP contribution < -0.4 is 10.6 Å². The lowest BCUT2D eigenvalue weighted by molar-refractivity contribution is -0.128. The highest BCUT2D eigenvalue weighted by atomic mass is 127. The lowest BCUT2D eigenvalue weighted by Gasteiger charge is -2.17. The van der Waals surface area contributed by atoms with Gasteiger partial charge in [0, 0.05) is 38.6 Å². The number of aliphatic imine (C=N–C) groups is 1. The number of benzene rings is 2. The highest BCUT2D eigenvalue weighted by Crippen LogP contribution is 2.25. The van der Waals surface area contributed by atoms with Crippen LogP contribution in [0.25, 0.3) is 11.1 Å².